The zero-order valence-electron chi connectivity index (χ0n) is 10.9. The summed E-state index contributed by atoms with van der Waals surface area (Å²) in [5.74, 6) is 1.75. The maximum atomic E-state index is 10.7. The van der Waals surface area contributed by atoms with Crippen molar-refractivity contribution >= 4 is 6.29 Å². The lowest BCUT2D eigenvalue weighted by Gasteiger charge is -2.11. The Bertz CT molecular complexity index is 562. The monoisotopic (exact) mass is 261 g/mol. The van der Waals surface area contributed by atoms with Gasteiger partial charge in [0.2, 0.25) is 0 Å². The van der Waals surface area contributed by atoms with Gasteiger partial charge in [0, 0.05) is 11.6 Å². The number of aldehydes is 1. The van der Waals surface area contributed by atoms with Crippen molar-refractivity contribution in [3.63, 3.8) is 0 Å². The number of benzene rings is 1. The van der Waals surface area contributed by atoms with E-state index in [0.29, 0.717) is 29.4 Å². The van der Waals surface area contributed by atoms with Crippen molar-refractivity contribution in [2.75, 3.05) is 6.61 Å². The van der Waals surface area contributed by atoms with Crippen LogP contribution in [0.15, 0.2) is 28.8 Å². The highest BCUT2D eigenvalue weighted by Crippen LogP contribution is 2.28. The summed E-state index contributed by atoms with van der Waals surface area (Å²) in [4.78, 5) is 10.7. The lowest BCUT2D eigenvalue weighted by molar-refractivity contribution is 0.112. The summed E-state index contributed by atoms with van der Waals surface area (Å²) < 4.78 is 16.1. The van der Waals surface area contributed by atoms with E-state index in [1.807, 2.05) is 13.8 Å². The van der Waals surface area contributed by atoms with Crippen LogP contribution in [-0.4, -0.2) is 18.0 Å². The van der Waals surface area contributed by atoms with Gasteiger partial charge in [0.15, 0.2) is 17.3 Å². The number of rotatable bonds is 6. The van der Waals surface area contributed by atoms with Crippen LogP contribution in [0.5, 0.6) is 11.5 Å². The Morgan fingerprint density at radius 2 is 2.11 bits per heavy atom. The highest BCUT2D eigenvalue weighted by Gasteiger charge is 2.08. The Balaban J connectivity index is 2.12. The van der Waals surface area contributed by atoms with Crippen LogP contribution in [0.2, 0.25) is 0 Å². The number of hydrogen-bond donors (Lipinski definition) is 0. The number of aryl methyl sites for hydroxylation is 1. The first kappa shape index (κ1) is 13.1. The Hall–Kier alpha value is -2.30. The van der Waals surface area contributed by atoms with E-state index in [1.165, 1.54) is 0 Å². The molecule has 0 radical (unpaired) electrons. The number of hydrogen-bond acceptors (Lipinski definition) is 5. The van der Waals surface area contributed by atoms with Crippen molar-refractivity contribution in [2.24, 2.45) is 0 Å². The molecule has 19 heavy (non-hydrogen) atoms. The van der Waals surface area contributed by atoms with Crippen LogP contribution in [0.1, 0.15) is 28.7 Å². The molecule has 0 bridgehead atoms. The fraction of sp³-hybridized carbons (Fsp3) is 0.286. The van der Waals surface area contributed by atoms with Gasteiger partial charge in [-0.2, -0.15) is 0 Å². The maximum Gasteiger partial charge on any atom is 0.174 e. The van der Waals surface area contributed by atoms with Gasteiger partial charge in [0.25, 0.3) is 0 Å². The quantitative estimate of drug-likeness (QED) is 0.748. The number of aromatic nitrogens is 1. The molecule has 2 rings (SSSR count). The third-order valence-corrected chi connectivity index (χ3v) is 2.45. The van der Waals surface area contributed by atoms with Gasteiger partial charge >= 0.3 is 0 Å². The minimum absolute atomic E-state index is 0.265. The predicted octanol–water partition coefficient (Wildman–Crippen LogP) is 2.77. The summed E-state index contributed by atoms with van der Waals surface area (Å²) in [7, 11) is 0. The van der Waals surface area contributed by atoms with E-state index in [4.69, 9.17) is 14.0 Å². The summed E-state index contributed by atoms with van der Waals surface area (Å²) >= 11 is 0. The first-order valence-electron chi connectivity index (χ1n) is 6.00. The van der Waals surface area contributed by atoms with Crippen molar-refractivity contribution in [1.82, 2.24) is 5.16 Å². The molecular weight excluding hydrogens is 246 g/mol. The lowest BCUT2D eigenvalue weighted by atomic mass is 10.2. The summed E-state index contributed by atoms with van der Waals surface area (Å²) in [6.45, 7) is 4.48. The molecule has 100 valence electrons. The van der Waals surface area contributed by atoms with Gasteiger partial charge in [-0.25, -0.2) is 0 Å². The van der Waals surface area contributed by atoms with E-state index in [1.54, 1.807) is 24.3 Å². The average Bonchev–Trinajstić information content (AvgIpc) is 2.83. The van der Waals surface area contributed by atoms with E-state index in [0.717, 1.165) is 12.0 Å². The number of carbonyl (C=O) groups excluding carboxylic acids is 1. The minimum Gasteiger partial charge on any atom is -0.490 e. The number of nitrogens with zero attached hydrogens (tertiary/aromatic N) is 1. The fourth-order valence-electron chi connectivity index (χ4n) is 1.62. The van der Waals surface area contributed by atoms with Crippen LogP contribution in [-0.2, 0) is 6.61 Å². The third kappa shape index (κ3) is 3.34. The van der Waals surface area contributed by atoms with E-state index in [-0.39, 0.29) is 6.61 Å². The molecule has 0 spiro atoms. The van der Waals surface area contributed by atoms with Crippen molar-refractivity contribution in [2.45, 2.75) is 20.5 Å². The third-order valence-electron chi connectivity index (χ3n) is 2.45. The van der Waals surface area contributed by atoms with Gasteiger partial charge in [-0.05, 0) is 32.0 Å². The minimum atomic E-state index is 0.265. The average molecular weight is 261 g/mol. The molecule has 1 heterocycles. The van der Waals surface area contributed by atoms with E-state index >= 15 is 0 Å². The first-order chi connectivity index (χ1) is 9.22. The molecular formula is C14H15NO4. The maximum absolute atomic E-state index is 10.7. The predicted molar refractivity (Wildman–Crippen MR) is 68.6 cm³/mol. The van der Waals surface area contributed by atoms with E-state index in [9.17, 15) is 4.79 Å². The van der Waals surface area contributed by atoms with Crippen molar-refractivity contribution in [3.05, 3.63) is 41.3 Å². The normalized spacial score (nSPS) is 10.2. The number of carbonyl (C=O) groups is 1. The Kier molecular flexibility index (Phi) is 4.18. The largest absolute Gasteiger partial charge is 0.490 e. The summed E-state index contributed by atoms with van der Waals surface area (Å²) in [6.07, 6.45) is 0.770. The van der Waals surface area contributed by atoms with Crippen LogP contribution in [0.4, 0.5) is 0 Å². The molecule has 0 aliphatic carbocycles. The van der Waals surface area contributed by atoms with Crippen LogP contribution in [0, 0.1) is 6.92 Å². The van der Waals surface area contributed by atoms with Crippen molar-refractivity contribution in [3.8, 4) is 11.5 Å². The van der Waals surface area contributed by atoms with Crippen LogP contribution < -0.4 is 9.47 Å². The number of ether oxygens (including phenoxy) is 2. The highest BCUT2D eigenvalue weighted by atomic mass is 16.5. The molecule has 0 unspecified atom stereocenters. The fourth-order valence-corrected chi connectivity index (χ4v) is 1.62. The smallest absolute Gasteiger partial charge is 0.174 e. The van der Waals surface area contributed by atoms with Gasteiger partial charge < -0.3 is 14.0 Å². The summed E-state index contributed by atoms with van der Waals surface area (Å²) in [5.41, 5.74) is 1.35. The molecule has 1 aromatic heterocycles. The molecule has 0 atom stereocenters. The van der Waals surface area contributed by atoms with E-state index < -0.39 is 0 Å². The second-order valence-electron chi connectivity index (χ2n) is 3.98. The molecule has 0 saturated carbocycles. The van der Waals surface area contributed by atoms with Gasteiger partial charge in [0.1, 0.15) is 12.9 Å². The lowest BCUT2D eigenvalue weighted by Crippen LogP contribution is -1.99. The molecule has 1 aromatic carbocycles. The zero-order valence-corrected chi connectivity index (χ0v) is 10.9. The molecule has 5 heteroatoms. The van der Waals surface area contributed by atoms with Crippen LogP contribution in [0.25, 0.3) is 0 Å². The van der Waals surface area contributed by atoms with Crippen molar-refractivity contribution < 1.29 is 18.8 Å². The zero-order chi connectivity index (χ0) is 13.7. The molecule has 0 aliphatic rings. The first-order valence-corrected chi connectivity index (χ1v) is 6.00. The second kappa shape index (κ2) is 6.04. The van der Waals surface area contributed by atoms with Crippen LogP contribution >= 0.6 is 0 Å². The van der Waals surface area contributed by atoms with Gasteiger partial charge in [-0.3, -0.25) is 4.79 Å². The Morgan fingerprint density at radius 3 is 2.74 bits per heavy atom. The van der Waals surface area contributed by atoms with Gasteiger partial charge in [0.05, 0.1) is 12.3 Å². The van der Waals surface area contributed by atoms with Crippen molar-refractivity contribution in [1.29, 1.82) is 0 Å². The molecule has 2 aromatic rings. The molecule has 0 aliphatic heterocycles. The second-order valence-corrected chi connectivity index (χ2v) is 3.98. The van der Waals surface area contributed by atoms with E-state index in [2.05, 4.69) is 5.16 Å². The van der Waals surface area contributed by atoms with Gasteiger partial charge in [-0.1, -0.05) is 5.16 Å². The topological polar surface area (TPSA) is 61.6 Å². The van der Waals surface area contributed by atoms with Gasteiger partial charge in [-0.15, -0.1) is 0 Å². The SMILES string of the molecule is CCOc1cc(C=O)ccc1OCc1cc(C)no1. The molecule has 0 saturated heterocycles. The molecule has 5 nitrogen and oxygen atoms in total. The Labute approximate surface area is 111 Å². The van der Waals surface area contributed by atoms with Crippen LogP contribution in [0.3, 0.4) is 0 Å². The Morgan fingerprint density at radius 1 is 1.26 bits per heavy atom. The standard InChI is InChI=1S/C14H15NO4/c1-3-17-14-7-11(8-16)4-5-13(14)18-9-12-6-10(2)15-19-12/h4-8H,3,9H2,1-2H3. The molecule has 0 N–H and O–H groups in total. The molecule has 0 amide bonds. The highest BCUT2D eigenvalue weighted by molar-refractivity contribution is 5.76. The molecule has 0 fully saturated rings. The summed E-state index contributed by atoms with van der Waals surface area (Å²) in [6, 6.07) is 6.84. The summed E-state index contributed by atoms with van der Waals surface area (Å²) in [5, 5.41) is 3.78.